The van der Waals surface area contributed by atoms with E-state index >= 15 is 0 Å². The number of hydrogen-bond acceptors (Lipinski definition) is 7. The summed E-state index contributed by atoms with van der Waals surface area (Å²) in [4.78, 5) is 31.6. The van der Waals surface area contributed by atoms with E-state index in [0.29, 0.717) is 17.8 Å². The molecular formula is C25H27F2N5O2S. The molecule has 3 aromatic rings. The molecule has 1 amide bonds. The van der Waals surface area contributed by atoms with E-state index in [2.05, 4.69) is 34.6 Å². The number of nitrogen functional groups attached to an aromatic ring is 1. The number of hydrogen-bond donors (Lipinski definition) is 3. The average molecular weight is 500 g/mol. The third-order valence-electron chi connectivity index (χ3n) is 6.51. The summed E-state index contributed by atoms with van der Waals surface area (Å²) in [7, 11) is 4.10. The van der Waals surface area contributed by atoms with Crippen LogP contribution in [0, 0.1) is 11.6 Å². The SMILES string of the molecule is CN(C)C1(CNC(=O)c2ccc(Nc3nc(N)c(C(=O)c4c(F)cccc4F)s3)cc2)CCCC1. The van der Waals surface area contributed by atoms with Crippen LogP contribution < -0.4 is 16.4 Å². The minimum absolute atomic E-state index is 0.00263. The molecule has 1 aromatic heterocycles. The van der Waals surface area contributed by atoms with Gasteiger partial charge >= 0.3 is 0 Å². The Morgan fingerprint density at radius 1 is 1.09 bits per heavy atom. The highest BCUT2D eigenvalue weighted by molar-refractivity contribution is 7.18. The maximum absolute atomic E-state index is 14.0. The van der Waals surface area contributed by atoms with Crippen LogP contribution in [0.3, 0.4) is 0 Å². The van der Waals surface area contributed by atoms with E-state index in [0.717, 1.165) is 49.2 Å². The third-order valence-corrected chi connectivity index (χ3v) is 7.49. The standard InChI is InChI=1S/C25H27F2N5O2S/c1-32(2)25(12-3-4-13-25)14-29-23(34)15-8-10-16(11-9-15)30-24-31-22(28)21(35-24)20(33)19-17(26)6-5-7-18(19)27/h5-11H,3-4,12-14,28H2,1-2H3,(H,29,34)(H,30,31). The fraction of sp³-hybridized carbons (Fsp3) is 0.320. The summed E-state index contributed by atoms with van der Waals surface area (Å²) in [5.74, 6) is -3.06. The molecule has 4 rings (SSSR count). The van der Waals surface area contributed by atoms with Crippen LogP contribution in [-0.4, -0.2) is 47.8 Å². The number of nitrogens with zero attached hydrogens (tertiary/aromatic N) is 2. The Labute approximate surface area is 206 Å². The van der Waals surface area contributed by atoms with Crippen molar-refractivity contribution in [2.75, 3.05) is 31.7 Å². The monoisotopic (exact) mass is 499 g/mol. The predicted octanol–water partition coefficient (Wildman–Crippen LogP) is 4.58. The van der Waals surface area contributed by atoms with Crippen molar-refractivity contribution in [2.24, 2.45) is 0 Å². The molecule has 7 nitrogen and oxygen atoms in total. The van der Waals surface area contributed by atoms with Crippen molar-refractivity contribution >= 4 is 39.7 Å². The molecular weight excluding hydrogens is 472 g/mol. The van der Waals surface area contributed by atoms with Gasteiger partial charge in [-0.05, 0) is 63.3 Å². The van der Waals surface area contributed by atoms with Crippen LogP contribution in [0.5, 0.6) is 0 Å². The molecule has 184 valence electrons. The van der Waals surface area contributed by atoms with Gasteiger partial charge in [-0.3, -0.25) is 9.59 Å². The molecule has 0 radical (unpaired) electrons. The summed E-state index contributed by atoms with van der Waals surface area (Å²) in [5.41, 5.74) is 6.32. The molecule has 0 aliphatic heterocycles. The second kappa shape index (κ2) is 10.1. The normalized spacial score (nSPS) is 14.8. The van der Waals surface area contributed by atoms with Crippen molar-refractivity contribution in [3.63, 3.8) is 0 Å². The number of aromatic nitrogens is 1. The number of ketones is 1. The summed E-state index contributed by atoms with van der Waals surface area (Å²) in [6.45, 7) is 0.594. The summed E-state index contributed by atoms with van der Waals surface area (Å²) in [6, 6.07) is 10.0. The Morgan fingerprint density at radius 3 is 2.31 bits per heavy atom. The maximum atomic E-state index is 14.0. The highest BCUT2D eigenvalue weighted by Gasteiger charge is 2.36. The number of benzene rings is 2. The van der Waals surface area contributed by atoms with Gasteiger partial charge in [-0.25, -0.2) is 13.8 Å². The number of likely N-dealkylation sites (N-methyl/N-ethyl adjacent to an activating group) is 1. The fourth-order valence-electron chi connectivity index (χ4n) is 4.37. The zero-order chi connectivity index (χ0) is 25.2. The molecule has 0 spiro atoms. The summed E-state index contributed by atoms with van der Waals surface area (Å²) >= 11 is 0.896. The van der Waals surface area contributed by atoms with Gasteiger partial charge in [0.2, 0.25) is 5.78 Å². The van der Waals surface area contributed by atoms with Gasteiger partial charge in [0.05, 0.1) is 5.56 Å². The van der Waals surface area contributed by atoms with Gasteiger partial charge in [0.15, 0.2) is 5.13 Å². The molecule has 1 fully saturated rings. The smallest absolute Gasteiger partial charge is 0.251 e. The van der Waals surface area contributed by atoms with Crippen molar-refractivity contribution in [3.05, 3.63) is 70.1 Å². The minimum atomic E-state index is -0.962. The summed E-state index contributed by atoms with van der Waals surface area (Å²) < 4.78 is 28.0. The van der Waals surface area contributed by atoms with Crippen molar-refractivity contribution in [3.8, 4) is 0 Å². The number of carbonyl (C=O) groups is 2. The van der Waals surface area contributed by atoms with Crippen LogP contribution in [0.1, 0.15) is 51.3 Å². The molecule has 10 heteroatoms. The number of anilines is 3. The molecule has 0 saturated heterocycles. The van der Waals surface area contributed by atoms with E-state index in [9.17, 15) is 18.4 Å². The largest absolute Gasteiger partial charge is 0.382 e. The van der Waals surface area contributed by atoms with E-state index in [4.69, 9.17) is 5.73 Å². The molecule has 2 aromatic carbocycles. The van der Waals surface area contributed by atoms with E-state index < -0.39 is 23.0 Å². The lowest BCUT2D eigenvalue weighted by atomic mass is 9.96. The van der Waals surface area contributed by atoms with Crippen molar-refractivity contribution in [1.29, 1.82) is 0 Å². The van der Waals surface area contributed by atoms with Gasteiger partial charge in [0.1, 0.15) is 22.3 Å². The van der Waals surface area contributed by atoms with E-state index in [-0.39, 0.29) is 27.3 Å². The van der Waals surface area contributed by atoms with Crippen molar-refractivity contribution in [1.82, 2.24) is 15.2 Å². The Kier molecular flexibility index (Phi) is 7.13. The number of carbonyl (C=O) groups excluding carboxylic acids is 2. The van der Waals surface area contributed by atoms with Crippen LogP contribution in [0.2, 0.25) is 0 Å². The molecule has 4 N–H and O–H groups in total. The molecule has 0 atom stereocenters. The number of halogens is 2. The fourth-order valence-corrected chi connectivity index (χ4v) is 5.22. The number of nitrogens with one attached hydrogen (secondary N) is 2. The topological polar surface area (TPSA) is 100 Å². The Hall–Kier alpha value is -3.37. The van der Waals surface area contributed by atoms with E-state index in [1.807, 2.05) is 0 Å². The highest BCUT2D eigenvalue weighted by Crippen LogP contribution is 2.33. The lowest BCUT2D eigenvalue weighted by Crippen LogP contribution is -2.50. The lowest BCUT2D eigenvalue weighted by Gasteiger charge is -2.36. The number of rotatable bonds is 8. The van der Waals surface area contributed by atoms with Gasteiger partial charge < -0.3 is 21.3 Å². The summed E-state index contributed by atoms with van der Waals surface area (Å²) in [5, 5.41) is 6.35. The number of nitrogens with two attached hydrogens (primary N) is 1. The predicted molar refractivity (Wildman–Crippen MR) is 133 cm³/mol. The van der Waals surface area contributed by atoms with Crippen molar-refractivity contribution in [2.45, 2.75) is 31.2 Å². The molecule has 1 heterocycles. The first-order valence-electron chi connectivity index (χ1n) is 11.3. The number of amides is 1. The van der Waals surface area contributed by atoms with Crippen LogP contribution in [0.25, 0.3) is 0 Å². The first kappa shape index (κ1) is 24.7. The van der Waals surface area contributed by atoms with E-state index in [1.165, 1.54) is 6.07 Å². The molecule has 1 aliphatic carbocycles. The highest BCUT2D eigenvalue weighted by atomic mass is 32.1. The second-order valence-electron chi connectivity index (χ2n) is 8.87. The number of thiazole rings is 1. The maximum Gasteiger partial charge on any atom is 0.251 e. The van der Waals surface area contributed by atoms with Gasteiger partial charge in [0, 0.05) is 23.3 Å². The minimum Gasteiger partial charge on any atom is -0.382 e. The molecule has 1 saturated carbocycles. The lowest BCUT2D eigenvalue weighted by molar-refractivity contribution is 0.0899. The Balaban J connectivity index is 1.42. The molecule has 1 aliphatic rings. The van der Waals surface area contributed by atoms with Crippen LogP contribution in [-0.2, 0) is 0 Å². The van der Waals surface area contributed by atoms with Gasteiger partial charge in [-0.1, -0.05) is 30.2 Å². The molecule has 35 heavy (non-hydrogen) atoms. The first-order chi connectivity index (χ1) is 16.7. The van der Waals surface area contributed by atoms with Gasteiger partial charge in [-0.15, -0.1) is 0 Å². The third kappa shape index (κ3) is 5.18. The quantitative estimate of drug-likeness (QED) is 0.392. The van der Waals surface area contributed by atoms with Crippen LogP contribution >= 0.6 is 11.3 Å². The zero-order valence-corrected chi connectivity index (χ0v) is 20.3. The first-order valence-corrected chi connectivity index (χ1v) is 12.1. The Morgan fingerprint density at radius 2 is 1.71 bits per heavy atom. The average Bonchev–Trinajstić information content (AvgIpc) is 3.45. The molecule has 0 unspecified atom stereocenters. The van der Waals surface area contributed by atoms with Crippen LogP contribution in [0.15, 0.2) is 42.5 Å². The zero-order valence-electron chi connectivity index (χ0n) is 19.5. The van der Waals surface area contributed by atoms with Gasteiger partial charge in [0.25, 0.3) is 5.91 Å². The Bertz CT molecular complexity index is 1220. The molecule has 0 bridgehead atoms. The van der Waals surface area contributed by atoms with Crippen molar-refractivity contribution < 1.29 is 18.4 Å². The van der Waals surface area contributed by atoms with E-state index in [1.54, 1.807) is 24.3 Å². The van der Waals surface area contributed by atoms with Gasteiger partial charge in [-0.2, -0.15) is 0 Å². The summed E-state index contributed by atoms with van der Waals surface area (Å²) in [6.07, 6.45) is 4.46. The van der Waals surface area contributed by atoms with Crippen LogP contribution in [0.4, 0.5) is 25.4 Å². The second-order valence-corrected chi connectivity index (χ2v) is 9.87.